The number of nitrogens with zero attached hydrogens (tertiary/aromatic N) is 3. The van der Waals surface area contributed by atoms with Gasteiger partial charge >= 0.3 is 5.97 Å². The highest BCUT2D eigenvalue weighted by molar-refractivity contribution is 6.04. The lowest BCUT2D eigenvalue weighted by Crippen LogP contribution is -2.44. The number of hydrogen-bond acceptors (Lipinski definition) is 7. The lowest BCUT2D eigenvalue weighted by atomic mass is 9.99. The Kier molecular flexibility index (Phi) is 7.39. The standard InChI is InChI=1S/C27H32BN3O6/c1-35-20-15-22(27(33)34)21-3-5-26(32)30(23(21)16-20)11-10-29-8-6-19(7-9-29)31(28)17-18-2-4-24-25(14-18)37-13-12-36-24/h2-5,14-16,19H,6-13,17,28H2,1H3,(H,33,34). The van der Waals surface area contributed by atoms with E-state index in [-0.39, 0.29) is 11.1 Å². The molecule has 37 heavy (non-hydrogen) atoms. The molecule has 3 heterocycles. The maximum Gasteiger partial charge on any atom is 0.336 e. The van der Waals surface area contributed by atoms with Crippen molar-refractivity contribution in [2.24, 2.45) is 0 Å². The van der Waals surface area contributed by atoms with Gasteiger partial charge in [-0.25, -0.2) is 4.79 Å². The van der Waals surface area contributed by atoms with Crippen molar-refractivity contribution in [1.82, 2.24) is 14.3 Å². The molecule has 0 bridgehead atoms. The lowest BCUT2D eigenvalue weighted by molar-refractivity contribution is 0.0698. The third-order valence-corrected chi connectivity index (χ3v) is 7.41. The van der Waals surface area contributed by atoms with Gasteiger partial charge in [0.05, 0.1) is 18.2 Å². The molecule has 1 saturated heterocycles. The number of carbonyl (C=O) groups is 1. The molecule has 5 rings (SSSR count). The second kappa shape index (κ2) is 10.9. The van der Waals surface area contributed by atoms with Gasteiger partial charge < -0.3 is 33.6 Å². The first-order valence-electron chi connectivity index (χ1n) is 12.7. The second-order valence-corrected chi connectivity index (χ2v) is 9.70. The Balaban J connectivity index is 1.21. The van der Waals surface area contributed by atoms with E-state index >= 15 is 0 Å². The minimum absolute atomic E-state index is 0.130. The van der Waals surface area contributed by atoms with E-state index < -0.39 is 5.97 Å². The van der Waals surface area contributed by atoms with Crippen LogP contribution in [-0.4, -0.2) is 79.3 Å². The average molecular weight is 505 g/mol. The quantitative estimate of drug-likeness (QED) is 0.465. The van der Waals surface area contributed by atoms with Crippen LogP contribution in [0.5, 0.6) is 17.2 Å². The number of ether oxygens (including phenoxy) is 3. The number of rotatable bonds is 8. The number of pyridine rings is 1. The Morgan fingerprint density at radius 3 is 2.57 bits per heavy atom. The fraction of sp³-hybridized carbons (Fsp3) is 0.407. The fourth-order valence-corrected chi connectivity index (χ4v) is 5.33. The number of carboxylic acid groups (broad SMARTS) is 1. The lowest BCUT2D eigenvalue weighted by Gasteiger charge is -2.37. The van der Waals surface area contributed by atoms with E-state index in [0.717, 1.165) is 50.5 Å². The predicted octanol–water partition coefficient (Wildman–Crippen LogP) is 1.99. The van der Waals surface area contributed by atoms with Gasteiger partial charge in [0.15, 0.2) is 19.5 Å². The topological polar surface area (TPSA) is 93.5 Å². The van der Waals surface area contributed by atoms with Crippen LogP contribution in [0.25, 0.3) is 10.9 Å². The minimum atomic E-state index is -1.04. The normalized spacial score (nSPS) is 16.3. The van der Waals surface area contributed by atoms with Crippen LogP contribution in [-0.2, 0) is 13.1 Å². The molecule has 9 nitrogen and oxygen atoms in total. The number of aromatic carboxylic acids is 1. The molecule has 0 amide bonds. The Hall–Kier alpha value is -3.50. The summed E-state index contributed by atoms with van der Waals surface area (Å²) in [6, 6.07) is 12.9. The van der Waals surface area contributed by atoms with Gasteiger partial charge in [-0.15, -0.1) is 0 Å². The molecule has 1 N–H and O–H groups in total. The van der Waals surface area contributed by atoms with E-state index in [0.29, 0.717) is 42.5 Å². The summed E-state index contributed by atoms with van der Waals surface area (Å²) >= 11 is 0. The number of likely N-dealkylation sites (tertiary alicyclic amines) is 1. The van der Waals surface area contributed by atoms with Crippen molar-refractivity contribution in [2.75, 3.05) is 40.0 Å². The molecule has 1 aromatic heterocycles. The molecule has 0 spiro atoms. The van der Waals surface area contributed by atoms with Crippen molar-refractivity contribution < 1.29 is 24.1 Å². The molecule has 3 aromatic rings. The zero-order chi connectivity index (χ0) is 25.9. The van der Waals surface area contributed by atoms with Crippen LogP contribution in [0.15, 0.2) is 47.3 Å². The van der Waals surface area contributed by atoms with Crippen molar-refractivity contribution in [3.8, 4) is 17.2 Å². The molecule has 0 radical (unpaired) electrons. The average Bonchev–Trinajstić information content (AvgIpc) is 2.92. The van der Waals surface area contributed by atoms with Gasteiger partial charge in [-0.05, 0) is 55.8 Å². The monoisotopic (exact) mass is 505 g/mol. The van der Waals surface area contributed by atoms with Crippen LogP contribution in [0.1, 0.15) is 28.8 Å². The third kappa shape index (κ3) is 5.45. The van der Waals surface area contributed by atoms with Crippen LogP contribution < -0.4 is 19.8 Å². The molecular formula is C27H32BN3O6. The molecule has 2 aliphatic rings. The summed E-state index contributed by atoms with van der Waals surface area (Å²) in [6.07, 6.45) is 2.09. The van der Waals surface area contributed by atoms with Gasteiger partial charge in [0.25, 0.3) is 5.56 Å². The molecular weight excluding hydrogens is 473 g/mol. The summed E-state index contributed by atoms with van der Waals surface area (Å²) in [5.74, 6) is 1.01. The van der Waals surface area contributed by atoms with Gasteiger partial charge in [0.2, 0.25) is 0 Å². The van der Waals surface area contributed by atoms with Gasteiger partial charge in [-0.3, -0.25) is 4.79 Å². The van der Waals surface area contributed by atoms with Crippen molar-refractivity contribution in [3.63, 3.8) is 0 Å². The summed E-state index contributed by atoms with van der Waals surface area (Å²) < 4.78 is 18.3. The third-order valence-electron chi connectivity index (χ3n) is 7.41. The number of piperidine rings is 1. The predicted molar refractivity (Wildman–Crippen MR) is 143 cm³/mol. The molecule has 2 aliphatic heterocycles. The summed E-state index contributed by atoms with van der Waals surface area (Å²) in [5.41, 5.74) is 1.77. The van der Waals surface area contributed by atoms with Crippen LogP contribution in [0.2, 0.25) is 0 Å². The summed E-state index contributed by atoms with van der Waals surface area (Å²) in [5, 5.41) is 10.2. The first-order chi connectivity index (χ1) is 17.9. The smallest absolute Gasteiger partial charge is 0.336 e. The Morgan fingerprint density at radius 1 is 1.08 bits per heavy atom. The van der Waals surface area contributed by atoms with Gasteiger partial charge in [-0.2, -0.15) is 0 Å². The Bertz CT molecular complexity index is 1350. The zero-order valence-corrected chi connectivity index (χ0v) is 21.3. The molecule has 10 heteroatoms. The largest absolute Gasteiger partial charge is 0.497 e. The highest BCUT2D eigenvalue weighted by atomic mass is 16.6. The number of methoxy groups -OCH3 is 1. The molecule has 2 aromatic carbocycles. The highest BCUT2D eigenvalue weighted by Gasteiger charge is 2.23. The summed E-state index contributed by atoms with van der Waals surface area (Å²) in [6.45, 7) is 5.12. The number of aromatic nitrogens is 1. The molecule has 0 aliphatic carbocycles. The fourth-order valence-electron chi connectivity index (χ4n) is 5.33. The van der Waals surface area contributed by atoms with Crippen LogP contribution in [0.3, 0.4) is 0 Å². The van der Waals surface area contributed by atoms with E-state index in [1.807, 2.05) is 6.07 Å². The molecule has 194 valence electrons. The maximum absolute atomic E-state index is 12.7. The summed E-state index contributed by atoms with van der Waals surface area (Å²) in [4.78, 5) is 29.3. The SMILES string of the molecule is BN(Cc1ccc2c(c1)OCCO2)C1CCN(CCn2c(=O)ccc3c(C(=O)O)cc(OC)cc32)CC1. The van der Waals surface area contributed by atoms with Crippen LogP contribution in [0.4, 0.5) is 0 Å². The Morgan fingerprint density at radius 2 is 1.84 bits per heavy atom. The van der Waals surface area contributed by atoms with Crippen LogP contribution in [0, 0.1) is 0 Å². The Labute approximate surface area is 216 Å². The number of hydrogen-bond donors (Lipinski definition) is 1. The molecule has 0 atom stereocenters. The molecule has 0 unspecified atom stereocenters. The van der Waals surface area contributed by atoms with Gasteiger partial charge in [-0.1, -0.05) is 6.07 Å². The van der Waals surface area contributed by atoms with E-state index in [4.69, 9.17) is 14.2 Å². The first-order valence-corrected chi connectivity index (χ1v) is 12.7. The second-order valence-electron chi connectivity index (χ2n) is 9.70. The van der Waals surface area contributed by atoms with Crippen molar-refractivity contribution in [3.05, 3.63) is 63.9 Å². The first kappa shape index (κ1) is 25.2. The highest BCUT2D eigenvalue weighted by Crippen LogP contribution is 2.31. The minimum Gasteiger partial charge on any atom is -0.497 e. The van der Waals surface area contributed by atoms with Crippen LogP contribution >= 0.6 is 0 Å². The van der Waals surface area contributed by atoms with E-state index in [9.17, 15) is 14.7 Å². The molecule has 0 saturated carbocycles. The van der Waals surface area contributed by atoms with Crippen molar-refractivity contribution in [1.29, 1.82) is 0 Å². The molecule has 1 fully saturated rings. The number of benzene rings is 2. The van der Waals surface area contributed by atoms with Crippen molar-refractivity contribution in [2.45, 2.75) is 32.0 Å². The maximum atomic E-state index is 12.7. The van der Waals surface area contributed by atoms with Crippen molar-refractivity contribution >= 4 is 24.9 Å². The van der Waals surface area contributed by atoms with Gasteiger partial charge in [0.1, 0.15) is 19.0 Å². The zero-order valence-electron chi connectivity index (χ0n) is 21.3. The van der Waals surface area contributed by atoms with Gasteiger partial charge in [0, 0.05) is 43.2 Å². The summed E-state index contributed by atoms with van der Waals surface area (Å²) in [7, 11) is 3.66. The number of carboxylic acids is 1. The number of fused-ring (bicyclic) bond motifs is 2. The van der Waals surface area contributed by atoms with E-state index in [1.54, 1.807) is 16.7 Å². The van der Waals surface area contributed by atoms with E-state index in [1.165, 1.54) is 24.8 Å². The van der Waals surface area contributed by atoms with E-state index in [2.05, 4.69) is 29.8 Å².